The summed E-state index contributed by atoms with van der Waals surface area (Å²) in [6.45, 7) is 3.89. The first-order valence-electron chi connectivity index (χ1n) is 6.76. The third-order valence-corrected chi connectivity index (χ3v) is 4.77. The van der Waals surface area contributed by atoms with Crippen molar-refractivity contribution in [3.63, 3.8) is 0 Å². The van der Waals surface area contributed by atoms with Gasteiger partial charge in [0, 0.05) is 26.2 Å². The molecule has 0 saturated carbocycles. The van der Waals surface area contributed by atoms with E-state index >= 15 is 0 Å². The van der Waals surface area contributed by atoms with Crippen molar-refractivity contribution in [1.82, 2.24) is 9.62 Å². The number of sulfonamides is 1. The van der Waals surface area contributed by atoms with Gasteiger partial charge in [-0.3, -0.25) is 4.79 Å². The van der Waals surface area contributed by atoms with Crippen LogP contribution in [0.2, 0.25) is 0 Å². The van der Waals surface area contributed by atoms with Crippen LogP contribution in [-0.4, -0.2) is 37.8 Å². The number of carbonyl (C=O) groups excluding carboxylic acids is 1. The Hall–Kier alpha value is -1.51. The minimum atomic E-state index is -3.45. The molecule has 1 amide bonds. The molecule has 1 rings (SSSR count). The molecule has 0 radical (unpaired) electrons. The Morgan fingerprint density at radius 2 is 1.77 bits per heavy atom. The molecule has 0 aliphatic carbocycles. The van der Waals surface area contributed by atoms with Crippen molar-refractivity contribution >= 4 is 38.9 Å². The SMILES string of the molecule is CC(C)CC(=O)NC(=S)Nc1ccc(S(=O)(=O)N(C)C)cc1. The Balaban J connectivity index is 2.69. The Kier molecular flexibility index (Phi) is 6.46. The highest BCUT2D eigenvalue weighted by molar-refractivity contribution is 7.89. The van der Waals surface area contributed by atoms with Crippen LogP contribution in [0.25, 0.3) is 0 Å². The van der Waals surface area contributed by atoms with Gasteiger partial charge in [0.1, 0.15) is 0 Å². The smallest absolute Gasteiger partial charge is 0.242 e. The van der Waals surface area contributed by atoms with E-state index in [1.807, 2.05) is 13.8 Å². The Bertz CT molecular complexity index is 638. The Morgan fingerprint density at radius 1 is 1.23 bits per heavy atom. The fraction of sp³-hybridized carbons (Fsp3) is 0.429. The van der Waals surface area contributed by atoms with Gasteiger partial charge in [0.25, 0.3) is 0 Å². The van der Waals surface area contributed by atoms with Crippen molar-refractivity contribution in [2.45, 2.75) is 25.2 Å². The molecule has 1 aromatic carbocycles. The second-order valence-corrected chi connectivity index (χ2v) is 7.97. The second kappa shape index (κ2) is 7.66. The molecular weight excluding hydrogens is 322 g/mol. The molecule has 0 heterocycles. The average Bonchev–Trinajstić information content (AvgIpc) is 2.37. The first kappa shape index (κ1) is 18.5. The molecule has 0 saturated heterocycles. The molecule has 0 spiro atoms. The maximum atomic E-state index is 11.9. The molecule has 22 heavy (non-hydrogen) atoms. The summed E-state index contributed by atoms with van der Waals surface area (Å²) >= 11 is 5.04. The largest absolute Gasteiger partial charge is 0.332 e. The molecule has 0 aliphatic heterocycles. The van der Waals surface area contributed by atoms with Crippen LogP contribution < -0.4 is 10.6 Å². The lowest BCUT2D eigenvalue weighted by atomic mass is 10.1. The van der Waals surface area contributed by atoms with Crippen LogP contribution in [0.5, 0.6) is 0 Å². The number of hydrogen-bond donors (Lipinski definition) is 2. The quantitative estimate of drug-likeness (QED) is 0.797. The Labute approximate surface area is 136 Å². The minimum Gasteiger partial charge on any atom is -0.332 e. The second-order valence-electron chi connectivity index (χ2n) is 5.41. The fourth-order valence-corrected chi connectivity index (χ4v) is 2.77. The van der Waals surface area contributed by atoms with Crippen molar-refractivity contribution in [1.29, 1.82) is 0 Å². The normalized spacial score (nSPS) is 11.5. The van der Waals surface area contributed by atoms with Crippen molar-refractivity contribution in [2.75, 3.05) is 19.4 Å². The summed E-state index contributed by atoms with van der Waals surface area (Å²) in [7, 11) is -0.505. The van der Waals surface area contributed by atoms with Crippen molar-refractivity contribution in [3.05, 3.63) is 24.3 Å². The number of benzene rings is 1. The van der Waals surface area contributed by atoms with Crippen LogP contribution in [0.1, 0.15) is 20.3 Å². The number of amides is 1. The summed E-state index contributed by atoms with van der Waals surface area (Å²) in [4.78, 5) is 11.8. The van der Waals surface area contributed by atoms with Crippen LogP contribution in [0.15, 0.2) is 29.2 Å². The summed E-state index contributed by atoms with van der Waals surface area (Å²) < 4.78 is 25.0. The number of carbonyl (C=O) groups is 1. The Morgan fingerprint density at radius 3 is 2.23 bits per heavy atom. The van der Waals surface area contributed by atoms with Crippen LogP contribution in [0, 0.1) is 5.92 Å². The lowest BCUT2D eigenvalue weighted by Gasteiger charge is -2.13. The maximum absolute atomic E-state index is 11.9. The van der Waals surface area contributed by atoms with Gasteiger partial charge in [0.15, 0.2) is 5.11 Å². The zero-order valence-electron chi connectivity index (χ0n) is 13.1. The minimum absolute atomic E-state index is 0.153. The van der Waals surface area contributed by atoms with Crippen LogP contribution in [-0.2, 0) is 14.8 Å². The molecule has 0 aliphatic rings. The predicted octanol–water partition coefficient (Wildman–Crippen LogP) is 1.80. The van der Waals surface area contributed by atoms with Gasteiger partial charge in [-0.15, -0.1) is 0 Å². The van der Waals surface area contributed by atoms with E-state index in [0.29, 0.717) is 12.1 Å². The summed E-state index contributed by atoms with van der Waals surface area (Å²) in [6.07, 6.45) is 0.391. The first-order valence-corrected chi connectivity index (χ1v) is 8.61. The third-order valence-electron chi connectivity index (χ3n) is 2.74. The van der Waals surface area contributed by atoms with Crippen molar-refractivity contribution in [2.24, 2.45) is 5.92 Å². The molecule has 1 aromatic rings. The van der Waals surface area contributed by atoms with E-state index in [-0.39, 0.29) is 21.8 Å². The number of thiocarbonyl (C=S) groups is 1. The van der Waals surface area contributed by atoms with Crippen LogP contribution >= 0.6 is 12.2 Å². The van der Waals surface area contributed by atoms with E-state index in [1.165, 1.54) is 26.2 Å². The van der Waals surface area contributed by atoms with E-state index in [1.54, 1.807) is 12.1 Å². The van der Waals surface area contributed by atoms with E-state index in [4.69, 9.17) is 12.2 Å². The summed E-state index contributed by atoms with van der Waals surface area (Å²) in [5.74, 6) is 0.0950. The molecule has 6 nitrogen and oxygen atoms in total. The number of rotatable bonds is 5. The van der Waals surface area contributed by atoms with Crippen LogP contribution in [0.3, 0.4) is 0 Å². The summed E-state index contributed by atoms with van der Waals surface area (Å²) in [5.41, 5.74) is 0.604. The van der Waals surface area contributed by atoms with Gasteiger partial charge in [0.05, 0.1) is 4.90 Å². The zero-order valence-corrected chi connectivity index (χ0v) is 14.7. The lowest BCUT2D eigenvalue weighted by molar-refractivity contribution is -0.120. The van der Waals surface area contributed by atoms with Gasteiger partial charge in [0.2, 0.25) is 15.9 Å². The van der Waals surface area contributed by atoms with Gasteiger partial charge in [-0.1, -0.05) is 13.8 Å². The highest BCUT2D eigenvalue weighted by Crippen LogP contribution is 2.16. The van der Waals surface area contributed by atoms with E-state index in [9.17, 15) is 13.2 Å². The van der Waals surface area contributed by atoms with Gasteiger partial charge >= 0.3 is 0 Å². The van der Waals surface area contributed by atoms with Gasteiger partial charge < -0.3 is 10.6 Å². The van der Waals surface area contributed by atoms with Gasteiger partial charge in [-0.05, 0) is 42.4 Å². The molecular formula is C14H21N3O3S2. The molecule has 0 atom stereocenters. The highest BCUT2D eigenvalue weighted by Gasteiger charge is 2.16. The number of nitrogens with one attached hydrogen (secondary N) is 2. The zero-order chi connectivity index (χ0) is 16.9. The van der Waals surface area contributed by atoms with E-state index in [2.05, 4.69) is 10.6 Å². The van der Waals surface area contributed by atoms with Gasteiger partial charge in [-0.2, -0.15) is 0 Å². The number of nitrogens with zero attached hydrogens (tertiary/aromatic N) is 1. The molecule has 0 unspecified atom stereocenters. The molecule has 0 aromatic heterocycles. The molecule has 122 valence electrons. The first-order chi connectivity index (χ1) is 10.1. The topological polar surface area (TPSA) is 78.5 Å². The summed E-state index contributed by atoms with van der Waals surface area (Å²) in [5, 5.41) is 5.61. The molecule has 2 N–H and O–H groups in total. The fourth-order valence-electron chi connectivity index (χ4n) is 1.63. The summed E-state index contributed by atoms with van der Waals surface area (Å²) in [6, 6.07) is 6.15. The predicted molar refractivity (Wildman–Crippen MR) is 91.1 cm³/mol. The average molecular weight is 343 g/mol. The van der Waals surface area contributed by atoms with Crippen molar-refractivity contribution in [3.8, 4) is 0 Å². The lowest BCUT2D eigenvalue weighted by Crippen LogP contribution is -2.34. The molecule has 0 fully saturated rings. The number of anilines is 1. The molecule has 8 heteroatoms. The monoisotopic (exact) mass is 343 g/mol. The van der Waals surface area contributed by atoms with Crippen molar-refractivity contribution < 1.29 is 13.2 Å². The standard InChI is InChI=1S/C14H21N3O3S2/c1-10(2)9-13(18)16-14(21)15-11-5-7-12(8-6-11)22(19,20)17(3)4/h5-8,10H,9H2,1-4H3,(H2,15,16,18,21). The highest BCUT2D eigenvalue weighted by atomic mass is 32.2. The maximum Gasteiger partial charge on any atom is 0.242 e. The number of hydrogen-bond acceptors (Lipinski definition) is 4. The van der Waals surface area contributed by atoms with Gasteiger partial charge in [-0.25, -0.2) is 12.7 Å². The van der Waals surface area contributed by atoms with Crippen LogP contribution in [0.4, 0.5) is 5.69 Å². The van der Waals surface area contributed by atoms with E-state index in [0.717, 1.165) is 4.31 Å². The van der Waals surface area contributed by atoms with E-state index < -0.39 is 10.0 Å². The third kappa shape index (κ3) is 5.36. The molecule has 0 bridgehead atoms.